The molecular formula is C17H12INO2. The number of rotatable bonds is 2. The molecular weight excluding hydrogens is 377 g/mol. The SMILES string of the molecule is O=C(Nc1ccc(I)cc1)c1cc2ccccc2cc1O. The number of amides is 1. The van der Waals surface area contributed by atoms with Crippen LogP contribution in [0.15, 0.2) is 60.7 Å². The van der Waals surface area contributed by atoms with Crippen molar-refractivity contribution in [1.82, 2.24) is 0 Å². The van der Waals surface area contributed by atoms with Crippen LogP contribution in [-0.2, 0) is 0 Å². The molecule has 0 aliphatic carbocycles. The van der Waals surface area contributed by atoms with Crippen molar-refractivity contribution in [2.45, 2.75) is 0 Å². The van der Waals surface area contributed by atoms with Crippen LogP contribution in [0.2, 0.25) is 0 Å². The van der Waals surface area contributed by atoms with Gasteiger partial charge in [0.25, 0.3) is 5.91 Å². The topological polar surface area (TPSA) is 49.3 Å². The standard InChI is InChI=1S/C17H12INO2/c18-13-5-7-14(8-6-13)19-17(21)15-9-11-3-1-2-4-12(11)10-16(15)20/h1-10,20H,(H,19,21). The highest BCUT2D eigenvalue weighted by Crippen LogP contribution is 2.25. The van der Waals surface area contributed by atoms with Crippen molar-refractivity contribution in [2.75, 3.05) is 5.32 Å². The number of fused-ring (bicyclic) bond motifs is 1. The van der Waals surface area contributed by atoms with E-state index < -0.39 is 0 Å². The molecule has 3 nitrogen and oxygen atoms in total. The zero-order valence-corrected chi connectivity index (χ0v) is 13.2. The molecule has 0 aliphatic heterocycles. The number of halogens is 1. The number of anilines is 1. The molecule has 0 fully saturated rings. The lowest BCUT2D eigenvalue weighted by molar-refractivity contribution is 0.102. The molecule has 3 rings (SSSR count). The molecule has 0 heterocycles. The van der Waals surface area contributed by atoms with Gasteiger partial charge in [0.2, 0.25) is 0 Å². The van der Waals surface area contributed by atoms with E-state index in [2.05, 4.69) is 27.9 Å². The van der Waals surface area contributed by atoms with E-state index in [9.17, 15) is 9.90 Å². The van der Waals surface area contributed by atoms with Gasteiger partial charge in [-0.15, -0.1) is 0 Å². The van der Waals surface area contributed by atoms with Crippen LogP contribution in [0, 0.1) is 3.57 Å². The van der Waals surface area contributed by atoms with Crippen molar-refractivity contribution in [3.63, 3.8) is 0 Å². The van der Waals surface area contributed by atoms with E-state index in [-0.39, 0.29) is 17.2 Å². The van der Waals surface area contributed by atoms with Crippen LogP contribution in [0.1, 0.15) is 10.4 Å². The van der Waals surface area contributed by atoms with Crippen molar-refractivity contribution in [2.24, 2.45) is 0 Å². The number of phenols is 1. The lowest BCUT2D eigenvalue weighted by Gasteiger charge is -2.08. The highest BCUT2D eigenvalue weighted by Gasteiger charge is 2.12. The molecule has 21 heavy (non-hydrogen) atoms. The minimum atomic E-state index is -0.320. The summed E-state index contributed by atoms with van der Waals surface area (Å²) in [6, 6.07) is 18.4. The van der Waals surface area contributed by atoms with Crippen LogP contribution in [0.4, 0.5) is 5.69 Å². The largest absolute Gasteiger partial charge is 0.507 e. The third-order valence-corrected chi connectivity index (χ3v) is 3.93. The van der Waals surface area contributed by atoms with Crippen molar-refractivity contribution in [3.05, 3.63) is 69.8 Å². The van der Waals surface area contributed by atoms with E-state index in [1.54, 1.807) is 12.1 Å². The number of hydrogen-bond acceptors (Lipinski definition) is 2. The fourth-order valence-electron chi connectivity index (χ4n) is 2.14. The third kappa shape index (κ3) is 3.00. The summed E-state index contributed by atoms with van der Waals surface area (Å²) in [6.45, 7) is 0. The summed E-state index contributed by atoms with van der Waals surface area (Å²) in [4.78, 5) is 12.3. The first kappa shape index (κ1) is 13.9. The smallest absolute Gasteiger partial charge is 0.259 e. The second-order valence-electron chi connectivity index (χ2n) is 4.68. The molecule has 3 aromatic rings. The van der Waals surface area contributed by atoms with Crippen LogP contribution in [0.5, 0.6) is 5.75 Å². The van der Waals surface area contributed by atoms with Crippen molar-refractivity contribution < 1.29 is 9.90 Å². The Morgan fingerprint density at radius 2 is 1.57 bits per heavy atom. The van der Waals surface area contributed by atoms with E-state index in [1.807, 2.05) is 48.5 Å². The molecule has 0 spiro atoms. The molecule has 3 aromatic carbocycles. The van der Waals surface area contributed by atoms with Crippen molar-refractivity contribution in [3.8, 4) is 5.75 Å². The van der Waals surface area contributed by atoms with E-state index in [4.69, 9.17) is 0 Å². The summed E-state index contributed by atoms with van der Waals surface area (Å²) < 4.78 is 1.10. The zero-order chi connectivity index (χ0) is 14.8. The predicted octanol–water partition coefficient (Wildman–Crippen LogP) is 4.40. The Kier molecular flexibility index (Phi) is 3.79. The predicted molar refractivity (Wildman–Crippen MR) is 92.7 cm³/mol. The molecule has 1 amide bonds. The fraction of sp³-hybridized carbons (Fsp3) is 0. The Morgan fingerprint density at radius 1 is 0.952 bits per heavy atom. The summed E-state index contributed by atoms with van der Waals surface area (Å²) >= 11 is 2.20. The third-order valence-electron chi connectivity index (χ3n) is 3.21. The maximum Gasteiger partial charge on any atom is 0.259 e. The first-order valence-electron chi connectivity index (χ1n) is 6.42. The van der Waals surface area contributed by atoms with E-state index in [0.29, 0.717) is 5.69 Å². The average Bonchev–Trinajstić information content (AvgIpc) is 2.49. The van der Waals surface area contributed by atoms with E-state index >= 15 is 0 Å². The summed E-state index contributed by atoms with van der Waals surface area (Å²) in [5.41, 5.74) is 0.972. The van der Waals surface area contributed by atoms with Gasteiger partial charge < -0.3 is 10.4 Å². The molecule has 4 heteroatoms. The van der Waals surface area contributed by atoms with Gasteiger partial charge in [0, 0.05) is 9.26 Å². The minimum absolute atomic E-state index is 0.0169. The summed E-state index contributed by atoms with van der Waals surface area (Å²) in [5.74, 6) is -0.337. The molecule has 0 unspecified atom stereocenters. The van der Waals surface area contributed by atoms with Gasteiger partial charge in [0.1, 0.15) is 5.75 Å². The first-order chi connectivity index (χ1) is 10.1. The number of carbonyl (C=O) groups is 1. The van der Waals surface area contributed by atoms with Crippen LogP contribution in [0.3, 0.4) is 0 Å². The second-order valence-corrected chi connectivity index (χ2v) is 5.92. The molecule has 0 saturated carbocycles. The van der Waals surface area contributed by atoms with Gasteiger partial charge in [-0.1, -0.05) is 24.3 Å². The number of phenolic OH excluding ortho intramolecular Hbond substituents is 1. The number of benzene rings is 3. The Hall–Kier alpha value is -2.08. The van der Waals surface area contributed by atoms with E-state index in [1.165, 1.54) is 0 Å². The summed E-state index contributed by atoms with van der Waals surface area (Å²) in [7, 11) is 0. The van der Waals surface area contributed by atoms with Crippen LogP contribution >= 0.6 is 22.6 Å². The maximum absolute atomic E-state index is 12.3. The Labute approximate surface area is 135 Å². The van der Waals surface area contributed by atoms with Crippen LogP contribution in [-0.4, -0.2) is 11.0 Å². The maximum atomic E-state index is 12.3. The number of aromatic hydroxyl groups is 1. The molecule has 0 radical (unpaired) electrons. The second kappa shape index (κ2) is 5.73. The molecule has 0 aliphatic rings. The molecule has 0 aromatic heterocycles. The number of nitrogens with one attached hydrogen (secondary N) is 1. The summed E-state index contributed by atoms with van der Waals surface area (Å²) in [6.07, 6.45) is 0. The molecule has 2 N–H and O–H groups in total. The highest BCUT2D eigenvalue weighted by atomic mass is 127. The zero-order valence-electron chi connectivity index (χ0n) is 11.0. The van der Waals surface area contributed by atoms with Gasteiger partial charge in [0.15, 0.2) is 0 Å². The lowest BCUT2D eigenvalue weighted by atomic mass is 10.1. The highest BCUT2D eigenvalue weighted by molar-refractivity contribution is 14.1. The molecule has 0 atom stereocenters. The quantitative estimate of drug-likeness (QED) is 0.639. The fourth-order valence-corrected chi connectivity index (χ4v) is 2.50. The van der Waals surface area contributed by atoms with Gasteiger partial charge in [-0.2, -0.15) is 0 Å². The Balaban J connectivity index is 1.93. The summed E-state index contributed by atoms with van der Waals surface area (Å²) in [5, 5.41) is 14.7. The minimum Gasteiger partial charge on any atom is -0.507 e. The van der Waals surface area contributed by atoms with E-state index in [0.717, 1.165) is 14.3 Å². The molecule has 0 saturated heterocycles. The molecule has 0 bridgehead atoms. The van der Waals surface area contributed by atoms with Crippen LogP contribution in [0.25, 0.3) is 10.8 Å². The average molecular weight is 389 g/mol. The van der Waals surface area contributed by atoms with Gasteiger partial charge >= 0.3 is 0 Å². The van der Waals surface area contributed by atoms with Crippen molar-refractivity contribution in [1.29, 1.82) is 0 Å². The van der Waals surface area contributed by atoms with Gasteiger partial charge in [0.05, 0.1) is 5.56 Å². The van der Waals surface area contributed by atoms with Crippen LogP contribution < -0.4 is 5.32 Å². The number of hydrogen-bond donors (Lipinski definition) is 2. The van der Waals surface area contributed by atoms with Gasteiger partial charge in [-0.3, -0.25) is 4.79 Å². The molecule has 104 valence electrons. The Bertz CT molecular complexity index is 813. The van der Waals surface area contributed by atoms with Crippen molar-refractivity contribution >= 4 is 45.0 Å². The van der Waals surface area contributed by atoms with Gasteiger partial charge in [-0.05, 0) is 69.8 Å². The number of carbonyl (C=O) groups excluding carboxylic acids is 1. The Morgan fingerprint density at radius 3 is 2.24 bits per heavy atom. The lowest BCUT2D eigenvalue weighted by Crippen LogP contribution is -2.12. The monoisotopic (exact) mass is 389 g/mol. The normalized spacial score (nSPS) is 10.5. The first-order valence-corrected chi connectivity index (χ1v) is 7.50. The van der Waals surface area contributed by atoms with Gasteiger partial charge in [-0.25, -0.2) is 0 Å².